The van der Waals surface area contributed by atoms with Crippen LogP contribution in [0.4, 0.5) is 0 Å². The second-order valence-corrected chi connectivity index (χ2v) is 6.19. The van der Waals surface area contributed by atoms with Crippen molar-refractivity contribution in [1.29, 1.82) is 5.41 Å². The van der Waals surface area contributed by atoms with Gasteiger partial charge in [-0.2, -0.15) is 0 Å². The van der Waals surface area contributed by atoms with Gasteiger partial charge in [-0.1, -0.05) is 48.5 Å². The van der Waals surface area contributed by atoms with Gasteiger partial charge in [0.2, 0.25) is 0 Å². The summed E-state index contributed by atoms with van der Waals surface area (Å²) < 4.78 is 20.1. The van der Waals surface area contributed by atoms with Crippen LogP contribution < -0.4 is 0 Å². The zero-order valence-electron chi connectivity index (χ0n) is 10.8. The standard InChI is InChI=1S/C15H16N2O2S/c16-15(12-17-11-13-7-3-1-4-8-13)20(18,19)14-9-5-2-6-10-14/h1-10,12,16,18-19H,11H2. The zero-order chi connectivity index (χ0) is 14.4. The molecule has 0 saturated heterocycles. The molecule has 0 amide bonds. The van der Waals surface area contributed by atoms with Gasteiger partial charge in [-0.15, -0.1) is 10.6 Å². The van der Waals surface area contributed by atoms with Gasteiger partial charge < -0.3 is 0 Å². The fourth-order valence-corrected chi connectivity index (χ4v) is 2.64. The molecule has 2 aromatic rings. The quantitative estimate of drug-likeness (QED) is 0.586. The van der Waals surface area contributed by atoms with E-state index in [-0.39, 0.29) is 5.04 Å². The lowest BCUT2D eigenvalue weighted by Gasteiger charge is -2.30. The van der Waals surface area contributed by atoms with Crippen LogP contribution >= 0.6 is 10.6 Å². The summed E-state index contributed by atoms with van der Waals surface area (Å²) in [5, 5.41) is 7.50. The van der Waals surface area contributed by atoms with Gasteiger partial charge in [-0.3, -0.25) is 19.5 Å². The summed E-state index contributed by atoms with van der Waals surface area (Å²) in [5.41, 5.74) is 1.01. The Morgan fingerprint density at radius 2 is 1.55 bits per heavy atom. The van der Waals surface area contributed by atoms with E-state index in [0.29, 0.717) is 11.4 Å². The lowest BCUT2D eigenvalue weighted by molar-refractivity contribution is 0.504. The molecule has 4 nitrogen and oxygen atoms in total. The van der Waals surface area contributed by atoms with Gasteiger partial charge in [0.1, 0.15) is 0 Å². The van der Waals surface area contributed by atoms with Crippen LogP contribution in [0.3, 0.4) is 0 Å². The molecular formula is C15H16N2O2S. The molecule has 0 spiro atoms. The van der Waals surface area contributed by atoms with Gasteiger partial charge in [0.25, 0.3) is 0 Å². The smallest absolute Gasteiger partial charge is 0.162 e. The Bertz CT molecular complexity index is 598. The molecule has 0 aromatic heterocycles. The minimum atomic E-state index is -3.26. The van der Waals surface area contributed by atoms with Crippen molar-refractivity contribution in [2.24, 2.45) is 4.99 Å². The van der Waals surface area contributed by atoms with E-state index in [9.17, 15) is 9.11 Å². The lowest BCUT2D eigenvalue weighted by atomic mass is 10.2. The van der Waals surface area contributed by atoms with Crippen molar-refractivity contribution in [3.05, 3.63) is 66.2 Å². The number of hydrogen-bond donors (Lipinski definition) is 3. The number of rotatable bonds is 4. The van der Waals surface area contributed by atoms with E-state index in [1.165, 1.54) is 6.21 Å². The summed E-state index contributed by atoms with van der Waals surface area (Å²) in [6, 6.07) is 18.0. The first-order valence-electron chi connectivity index (χ1n) is 6.06. The number of aliphatic imine (C=N–C) groups is 1. The van der Waals surface area contributed by atoms with Crippen LogP contribution in [-0.4, -0.2) is 20.4 Å². The summed E-state index contributed by atoms with van der Waals surface area (Å²) >= 11 is 0. The summed E-state index contributed by atoms with van der Waals surface area (Å²) in [6.07, 6.45) is 1.22. The molecule has 0 aliphatic rings. The van der Waals surface area contributed by atoms with Gasteiger partial charge >= 0.3 is 0 Å². The normalized spacial score (nSPS) is 12.5. The third-order valence-corrected chi connectivity index (χ3v) is 4.35. The number of benzene rings is 2. The highest BCUT2D eigenvalue weighted by Gasteiger charge is 2.19. The van der Waals surface area contributed by atoms with Crippen molar-refractivity contribution >= 4 is 21.8 Å². The van der Waals surface area contributed by atoms with Crippen LogP contribution in [0.2, 0.25) is 0 Å². The monoisotopic (exact) mass is 288 g/mol. The van der Waals surface area contributed by atoms with Gasteiger partial charge in [-0.25, -0.2) is 0 Å². The second-order valence-electron chi connectivity index (χ2n) is 4.18. The molecular weight excluding hydrogens is 272 g/mol. The van der Waals surface area contributed by atoms with Gasteiger partial charge in [0.15, 0.2) is 5.04 Å². The Kier molecular flexibility index (Phi) is 4.68. The van der Waals surface area contributed by atoms with Gasteiger partial charge in [0.05, 0.1) is 17.7 Å². The maximum atomic E-state index is 10.1. The van der Waals surface area contributed by atoms with E-state index in [0.717, 1.165) is 5.56 Å². The number of hydrogen-bond acceptors (Lipinski definition) is 4. The predicted octanol–water partition coefficient (Wildman–Crippen LogP) is 4.04. The molecule has 0 saturated carbocycles. The first-order valence-corrected chi connectivity index (χ1v) is 7.61. The van der Waals surface area contributed by atoms with Crippen LogP contribution in [0.15, 0.2) is 70.6 Å². The minimum absolute atomic E-state index is 0.278. The Balaban J connectivity index is 2.04. The van der Waals surface area contributed by atoms with E-state index < -0.39 is 10.6 Å². The lowest BCUT2D eigenvalue weighted by Crippen LogP contribution is -2.12. The Labute approximate surface area is 119 Å². The third-order valence-electron chi connectivity index (χ3n) is 2.70. The highest BCUT2D eigenvalue weighted by molar-refractivity contribution is 8.38. The Morgan fingerprint density at radius 1 is 1.00 bits per heavy atom. The molecule has 104 valence electrons. The average molecular weight is 288 g/mol. The molecule has 2 aromatic carbocycles. The van der Waals surface area contributed by atoms with Crippen LogP contribution in [-0.2, 0) is 6.54 Å². The van der Waals surface area contributed by atoms with E-state index >= 15 is 0 Å². The van der Waals surface area contributed by atoms with Crippen LogP contribution in [0.1, 0.15) is 5.56 Å². The zero-order valence-corrected chi connectivity index (χ0v) is 11.6. The average Bonchev–Trinajstić information content (AvgIpc) is 2.49. The fourth-order valence-electron chi connectivity index (χ4n) is 1.63. The van der Waals surface area contributed by atoms with E-state index in [4.69, 9.17) is 5.41 Å². The highest BCUT2D eigenvalue weighted by atomic mass is 32.3. The van der Waals surface area contributed by atoms with Crippen LogP contribution in [0.5, 0.6) is 0 Å². The Morgan fingerprint density at radius 3 is 2.15 bits per heavy atom. The molecule has 0 atom stereocenters. The molecule has 0 radical (unpaired) electrons. The van der Waals surface area contributed by atoms with Crippen molar-refractivity contribution in [3.8, 4) is 0 Å². The minimum Gasteiger partial charge on any atom is -0.289 e. The van der Waals surface area contributed by atoms with E-state index in [2.05, 4.69) is 4.99 Å². The summed E-state index contributed by atoms with van der Waals surface area (Å²) in [6.45, 7) is 0.410. The number of nitrogens with zero attached hydrogens (tertiary/aromatic N) is 1. The van der Waals surface area contributed by atoms with E-state index in [1.807, 2.05) is 30.3 Å². The van der Waals surface area contributed by atoms with Gasteiger partial charge in [0, 0.05) is 0 Å². The number of nitrogens with one attached hydrogen (secondary N) is 1. The second kappa shape index (κ2) is 6.47. The van der Waals surface area contributed by atoms with Crippen molar-refractivity contribution in [2.75, 3.05) is 0 Å². The van der Waals surface area contributed by atoms with Crippen LogP contribution in [0, 0.1) is 5.41 Å². The van der Waals surface area contributed by atoms with Crippen molar-refractivity contribution in [1.82, 2.24) is 0 Å². The molecule has 0 bridgehead atoms. The molecule has 0 fully saturated rings. The maximum absolute atomic E-state index is 10.1. The van der Waals surface area contributed by atoms with Crippen LogP contribution in [0.25, 0.3) is 0 Å². The van der Waals surface area contributed by atoms with Crippen molar-refractivity contribution < 1.29 is 9.11 Å². The third kappa shape index (κ3) is 3.54. The molecule has 5 heteroatoms. The Hall–Kier alpha value is -1.95. The topological polar surface area (TPSA) is 76.7 Å². The predicted molar refractivity (Wildman–Crippen MR) is 83.9 cm³/mol. The summed E-state index contributed by atoms with van der Waals surface area (Å²) in [7, 11) is -3.26. The molecule has 0 unspecified atom stereocenters. The molecule has 0 aliphatic heterocycles. The molecule has 3 N–H and O–H groups in total. The van der Waals surface area contributed by atoms with E-state index in [1.54, 1.807) is 30.3 Å². The molecule has 0 aliphatic carbocycles. The molecule has 20 heavy (non-hydrogen) atoms. The maximum Gasteiger partial charge on any atom is 0.162 e. The largest absolute Gasteiger partial charge is 0.289 e. The molecule has 2 rings (SSSR count). The highest BCUT2D eigenvalue weighted by Crippen LogP contribution is 2.48. The first kappa shape index (κ1) is 14.5. The van der Waals surface area contributed by atoms with Crippen molar-refractivity contribution in [2.45, 2.75) is 11.4 Å². The first-order chi connectivity index (χ1) is 9.60. The summed E-state index contributed by atoms with van der Waals surface area (Å²) in [5.74, 6) is 0. The fraction of sp³-hybridized carbons (Fsp3) is 0.0667. The SMILES string of the molecule is N=C(C=NCc1ccccc1)S(O)(O)c1ccccc1. The molecule has 0 heterocycles. The van der Waals surface area contributed by atoms with Crippen molar-refractivity contribution in [3.63, 3.8) is 0 Å². The van der Waals surface area contributed by atoms with Gasteiger partial charge in [-0.05, 0) is 17.7 Å². The summed E-state index contributed by atoms with van der Waals surface area (Å²) in [4.78, 5) is 4.41.